The molecule has 0 radical (unpaired) electrons. The van der Waals surface area contributed by atoms with Crippen LogP contribution < -0.4 is 0 Å². The SMILES string of the molecule is CC(C)CCO.[Ca+2].[H-].[H-]. The summed E-state index contributed by atoms with van der Waals surface area (Å²) >= 11 is 0. The molecule has 0 rings (SSSR count). The molecule has 0 saturated carbocycles. The van der Waals surface area contributed by atoms with E-state index < -0.39 is 0 Å². The van der Waals surface area contributed by atoms with Crippen molar-refractivity contribution >= 4 is 37.7 Å². The number of aliphatic hydroxyl groups is 1. The molecule has 0 aromatic heterocycles. The van der Waals surface area contributed by atoms with E-state index in [2.05, 4.69) is 13.8 Å². The normalized spacial score (nSPS) is 8.57. The first-order chi connectivity index (χ1) is 2.77. The molecule has 7 heavy (non-hydrogen) atoms. The van der Waals surface area contributed by atoms with E-state index in [0.717, 1.165) is 6.42 Å². The topological polar surface area (TPSA) is 20.2 Å². The molecule has 2 heteroatoms. The smallest absolute Gasteiger partial charge is 1.00 e. The van der Waals surface area contributed by atoms with Gasteiger partial charge in [-0.05, 0) is 12.3 Å². The molecular formula is C5H14CaO. The van der Waals surface area contributed by atoms with Crippen molar-refractivity contribution in [2.24, 2.45) is 5.92 Å². The molecule has 0 fully saturated rings. The number of aliphatic hydroxyl groups excluding tert-OH is 1. The van der Waals surface area contributed by atoms with Crippen molar-refractivity contribution in [1.82, 2.24) is 0 Å². The molecule has 1 N–H and O–H groups in total. The summed E-state index contributed by atoms with van der Waals surface area (Å²) in [6, 6.07) is 0. The van der Waals surface area contributed by atoms with Crippen molar-refractivity contribution < 1.29 is 7.96 Å². The fourth-order valence-electron chi connectivity index (χ4n) is 0.258. The largest absolute Gasteiger partial charge is 2.00 e. The van der Waals surface area contributed by atoms with Crippen molar-refractivity contribution in [2.45, 2.75) is 20.3 Å². The minimum atomic E-state index is 0. The maximum atomic E-state index is 8.24. The van der Waals surface area contributed by atoms with Crippen LogP contribution in [0.5, 0.6) is 0 Å². The minimum Gasteiger partial charge on any atom is -1.00 e. The van der Waals surface area contributed by atoms with Gasteiger partial charge in [0.25, 0.3) is 0 Å². The van der Waals surface area contributed by atoms with Gasteiger partial charge in [-0.15, -0.1) is 0 Å². The Hall–Kier alpha value is 1.22. The maximum absolute atomic E-state index is 8.24. The molecule has 42 valence electrons. The van der Waals surface area contributed by atoms with Crippen molar-refractivity contribution in [3.63, 3.8) is 0 Å². The Kier molecular flexibility index (Phi) is 11.4. The molecule has 0 unspecified atom stereocenters. The van der Waals surface area contributed by atoms with Crippen LogP contribution in [0.25, 0.3) is 0 Å². The van der Waals surface area contributed by atoms with E-state index in [0.29, 0.717) is 12.5 Å². The van der Waals surface area contributed by atoms with Crippen LogP contribution in [-0.2, 0) is 0 Å². The van der Waals surface area contributed by atoms with Crippen molar-refractivity contribution in [2.75, 3.05) is 6.61 Å². The second-order valence-corrected chi connectivity index (χ2v) is 1.91. The van der Waals surface area contributed by atoms with Gasteiger partial charge in [-0.3, -0.25) is 0 Å². The van der Waals surface area contributed by atoms with Crippen LogP contribution >= 0.6 is 0 Å². The molecule has 0 heterocycles. The van der Waals surface area contributed by atoms with Gasteiger partial charge in [0.1, 0.15) is 0 Å². The van der Waals surface area contributed by atoms with E-state index in [4.69, 9.17) is 5.11 Å². The number of hydrogen-bond acceptors (Lipinski definition) is 1. The van der Waals surface area contributed by atoms with Crippen molar-refractivity contribution in [3.8, 4) is 0 Å². The zero-order chi connectivity index (χ0) is 4.99. The van der Waals surface area contributed by atoms with Gasteiger partial charge in [0.2, 0.25) is 0 Å². The summed E-state index contributed by atoms with van der Waals surface area (Å²) in [5, 5.41) is 8.24. The van der Waals surface area contributed by atoms with Gasteiger partial charge in [-0.25, -0.2) is 0 Å². The molecule has 0 aliphatic heterocycles. The third kappa shape index (κ3) is 11.0. The van der Waals surface area contributed by atoms with E-state index >= 15 is 0 Å². The molecule has 0 aliphatic carbocycles. The molecule has 0 spiro atoms. The van der Waals surface area contributed by atoms with Crippen LogP contribution in [0.15, 0.2) is 0 Å². The molecule has 0 saturated heterocycles. The maximum Gasteiger partial charge on any atom is 2.00 e. The summed E-state index contributed by atoms with van der Waals surface area (Å²) in [5.74, 6) is 0.648. The molecule has 1 nitrogen and oxygen atoms in total. The standard InChI is InChI=1S/C5H12O.Ca.2H/c1-5(2)3-4-6;;;/h5-6H,3-4H2,1-2H3;;;/q;+2;2*-1. The van der Waals surface area contributed by atoms with Crippen LogP contribution in [-0.4, -0.2) is 49.5 Å². The summed E-state index contributed by atoms with van der Waals surface area (Å²) < 4.78 is 0. The predicted octanol–water partition coefficient (Wildman–Crippen LogP) is 0.869. The van der Waals surface area contributed by atoms with E-state index in [1.165, 1.54) is 0 Å². The Morgan fingerprint density at radius 2 is 2.00 bits per heavy atom. The number of hydrogen-bond donors (Lipinski definition) is 1. The van der Waals surface area contributed by atoms with Crippen LogP contribution in [0, 0.1) is 5.92 Å². The van der Waals surface area contributed by atoms with Crippen LogP contribution in [0.3, 0.4) is 0 Å². The zero-order valence-corrected chi connectivity index (χ0v) is 7.35. The molecule has 0 aromatic carbocycles. The Labute approximate surface area is 78.1 Å². The summed E-state index contributed by atoms with van der Waals surface area (Å²) in [6.45, 7) is 4.52. The molecule has 0 bridgehead atoms. The van der Waals surface area contributed by atoms with E-state index in [-0.39, 0.29) is 40.6 Å². The Morgan fingerprint density at radius 1 is 1.57 bits per heavy atom. The molecule has 0 amide bonds. The molecular weight excluding hydrogens is 116 g/mol. The minimum absolute atomic E-state index is 0. The first-order valence-electron chi connectivity index (χ1n) is 2.38. The third-order valence-corrected chi connectivity index (χ3v) is 0.706. The quantitative estimate of drug-likeness (QED) is 0.550. The second-order valence-electron chi connectivity index (χ2n) is 1.91. The number of rotatable bonds is 2. The van der Waals surface area contributed by atoms with Crippen LogP contribution in [0.1, 0.15) is 23.1 Å². The molecule has 0 atom stereocenters. The van der Waals surface area contributed by atoms with Gasteiger partial charge in [-0.1, -0.05) is 13.8 Å². The fourth-order valence-corrected chi connectivity index (χ4v) is 0.258. The summed E-state index contributed by atoms with van der Waals surface area (Å²) in [7, 11) is 0. The summed E-state index contributed by atoms with van der Waals surface area (Å²) in [6.07, 6.45) is 0.931. The van der Waals surface area contributed by atoms with Gasteiger partial charge < -0.3 is 7.96 Å². The first-order valence-corrected chi connectivity index (χ1v) is 2.38. The van der Waals surface area contributed by atoms with Gasteiger partial charge >= 0.3 is 37.7 Å². The fraction of sp³-hybridized carbons (Fsp3) is 1.00. The van der Waals surface area contributed by atoms with Gasteiger partial charge in [0.05, 0.1) is 0 Å². The predicted molar refractivity (Wildman–Crippen MR) is 34.5 cm³/mol. The van der Waals surface area contributed by atoms with E-state index in [1.807, 2.05) is 0 Å². The van der Waals surface area contributed by atoms with Gasteiger partial charge in [-0.2, -0.15) is 0 Å². The monoisotopic (exact) mass is 130 g/mol. The Balaban J connectivity index is -0.0000000417. The molecule has 0 aromatic rings. The van der Waals surface area contributed by atoms with E-state index in [9.17, 15) is 0 Å². The average Bonchev–Trinajstić information content (AvgIpc) is 1.35. The van der Waals surface area contributed by atoms with Crippen LogP contribution in [0.2, 0.25) is 0 Å². The Morgan fingerprint density at radius 3 is 2.00 bits per heavy atom. The van der Waals surface area contributed by atoms with Crippen molar-refractivity contribution in [3.05, 3.63) is 0 Å². The first kappa shape index (κ1) is 11.1. The zero-order valence-electron chi connectivity index (χ0n) is 7.15. The van der Waals surface area contributed by atoms with Crippen LogP contribution in [0.4, 0.5) is 0 Å². The Bertz CT molecular complexity index is 36.1. The van der Waals surface area contributed by atoms with Gasteiger partial charge in [0, 0.05) is 6.61 Å². The summed E-state index contributed by atoms with van der Waals surface area (Å²) in [5.41, 5.74) is 0. The summed E-state index contributed by atoms with van der Waals surface area (Å²) in [4.78, 5) is 0. The third-order valence-electron chi connectivity index (χ3n) is 0.706. The second kappa shape index (κ2) is 7.22. The molecule has 0 aliphatic rings. The average molecular weight is 130 g/mol. The van der Waals surface area contributed by atoms with Crippen molar-refractivity contribution in [1.29, 1.82) is 0 Å². The van der Waals surface area contributed by atoms with Gasteiger partial charge in [0.15, 0.2) is 0 Å². The van der Waals surface area contributed by atoms with E-state index in [1.54, 1.807) is 0 Å².